The number of hydrogen-bond donors (Lipinski definition) is 2. The van der Waals surface area contributed by atoms with Crippen molar-refractivity contribution >= 4 is 29.0 Å². The minimum atomic E-state index is -0.621. The molecular formula is C9H15N3O2S. The summed E-state index contributed by atoms with van der Waals surface area (Å²) in [5, 5.41) is 2.38. The molecule has 5 nitrogen and oxygen atoms in total. The molecule has 1 heterocycles. The van der Waals surface area contributed by atoms with Crippen LogP contribution in [0.15, 0.2) is 0 Å². The van der Waals surface area contributed by atoms with Crippen LogP contribution < -0.4 is 11.1 Å². The lowest BCUT2D eigenvalue weighted by atomic mass is 10.1. The largest absolute Gasteiger partial charge is 0.392 e. The molecule has 0 aliphatic carbocycles. The lowest BCUT2D eigenvalue weighted by Crippen LogP contribution is -2.46. The molecule has 0 aromatic heterocycles. The fraction of sp³-hybridized carbons (Fsp3) is 0.667. The molecule has 0 radical (unpaired) electrons. The van der Waals surface area contributed by atoms with Gasteiger partial charge in [-0.3, -0.25) is 9.59 Å². The van der Waals surface area contributed by atoms with E-state index < -0.39 is 11.8 Å². The fourth-order valence-electron chi connectivity index (χ4n) is 1.48. The number of likely N-dealkylation sites (tertiary alicyclic amines) is 1. The number of nitrogens with one attached hydrogen (secondary N) is 1. The number of thiocarbonyl (C=S) groups is 1. The molecule has 6 heteroatoms. The fourth-order valence-corrected chi connectivity index (χ4v) is 1.56. The number of carbonyl (C=O) groups excluding carboxylic acids is 2. The topological polar surface area (TPSA) is 75.4 Å². The van der Waals surface area contributed by atoms with Crippen LogP contribution in [0.1, 0.15) is 19.3 Å². The molecule has 2 amide bonds. The number of hydrogen-bond acceptors (Lipinski definition) is 3. The molecule has 15 heavy (non-hydrogen) atoms. The maximum atomic E-state index is 11.5. The average Bonchev–Trinajstić information content (AvgIpc) is 2.26. The van der Waals surface area contributed by atoms with Crippen LogP contribution in [0.25, 0.3) is 0 Å². The molecule has 0 spiro atoms. The van der Waals surface area contributed by atoms with Gasteiger partial charge in [0.1, 0.15) is 0 Å². The maximum Gasteiger partial charge on any atom is 0.311 e. The zero-order valence-corrected chi connectivity index (χ0v) is 9.31. The van der Waals surface area contributed by atoms with Gasteiger partial charge in [-0.05, 0) is 19.3 Å². The Morgan fingerprint density at radius 2 is 1.87 bits per heavy atom. The van der Waals surface area contributed by atoms with Crippen molar-refractivity contribution in [2.24, 2.45) is 5.73 Å². The van der Waals surface area contributed by atoms with E-state index in [-0.39, 0.29) is 11.5 Å². The quantitative estimate of drug-likeness (QED) is 0.490. The van der Waals surface area contributed by atoms with Crippen LogP contribution in [0, 0.1) is 0 Å². The van der Waals surface area contributed by atoms with E-state index in [0.717, 1.165) is 19.3 Å². The highest BCUT2D eigenvalue weighted by Crippen LogP contribution is 2.08. The molecule has 1 fully saturated rings. The van der Waals surface area contributed by atoms with Crippen molar-refractivity contribution in [3.63, 3.8) is 0 Å². The zero-order chi connectivity index (χ0) is 11.3. The molecule has 3 N–H and O–H groups in total. The number of carbonyl (C=O) groups is 2. The number of amides is 2. The number of nitrogens with zero attached hydrogens (tertiary/aromatic N) is 1. The van der Waals surface area contributed by atoms with E-state index >= 15 is 0 Å². The summed E-state index contributed by atoms with van der Waals surface area (Å²) >= 11 is 4.60. The zero-order valence-electron chi connectivity index (χ0n) is 8.49. The molecule has 1 aliphatic heterocycles. The van der Waals surface area contributed by atoms with Gasteiger partial charge in [-0.15, -0.1) is 0 Å². The Bertz CT molecular complexity index is 275. The van der Waals surface area contributed by atoms with Gasteiger partial charge in [-0.25, -0.2) is 0 Å². The summed E-state index contributed by atoms with van der Waals surface area (Å²) in [7, 11) is 0. The minimum absolute atomic E-state index is 0.0771. The van der Waals surface area contributed by atoms with Crippen molar-refractivity contribution in [3.05, 3.63) is 0 Å². The summed E-state index contributed by atoms with van der Waals surface area (Å²) in [6.07, 6.45) is 3.06. The smallest absolute Gasteiger partial charge is 0.311 e. The van der Waals surface area contributed by atoms with E-state index in [1.165, 1.54) is 0 Å². The minimum Gasteiger partial charge on any atom is -0.392 e. The molecule has 84 valence electrons. The van der Waals surface area contributed by atoms with Gasteiger partial charge in [0, 0.05) is 13.1 Å². The van der Waals surface area contributed by atoms with Gasteiger partial charge in [0.15, 0.2) is 0 Å². The molecular weight excluding hydrogens is 214 g/mol. The maximum absolute atomic E-state index is 11.5. The number of rotatable bonds is 2. The summed E-state index contributed by atoms with van der Waals surface area (Å²) < 4.78 is 0. The van der Waals surface area contributed by atoms with Gasteiger partial charge in [0.25, 0.3) is 0 Å². The highest BCUT2D eigenvalue weighted by molar-refractivity contribution is 7.80. The lowest BCUT2D eigenvalue weighted by Gasteiger charge is -2.25. The van der Waals surface area contributed by atoms with Crippen LogP contribution in [-0.2, 0) is 9.59 Å². The van der Waals surface area contributed by atoms with Gasteiger partial charge < -0.3 is 16.0 Å². The first-order valence-electron chi connectivity index (χ1n) is 4.96. The van der Waals surface area contributed by atoms with Crippen LogP contribution in [0.4, 0.5) is 0 Å². The highest BCUT2D eigenvalue weighted by Gasteiger charge is 2.22. The first kappa shape index (κ1) is 11.9. The molecule has 0 unspecified atom stereocenters. The summed E-state index contributed by atoms with van der Waals surface area (Å²) in [6, 6.07) is 0. The van der Waals surface area contributed by atoms with Gasteiger partial charge >= 0.3 is 11.8 Å². The van der Waals surface area contributed by atoms with Crippen molar-refractivity contribution in [2.75, 3.05) is 19.6 Å². The first-order chi connectivity index (χ1) is 7.11. The van der Waals surface area contributed by atoms with E-state index in [0.29, 0.717) is 13.1 Å². The van der Waals surface area contributed by atoms with E-state index in [2.05, 4.69) is 17.5 Å². The average molecular weight is 229 g/mol. The monoisotopic (exact) mass is 229 g/mol. The van der Waals surface area contributed by atoms with Crippen molar-refractivity contribution in [2.45, 2.75) is 19.3 Å². The SMILES string of the molecule is NC(=S)CNC(=O)C(=O)N1CCCCC1. The molecule has 0 aromatic rings. The van der Waals surface area contributed by atoms with E-state index in [1.54, 1.807) is 4.90 Å². The predicted molar refractivity (Wildman–Crippen MR) is 60.2 cm³/mol. The van der Waals surface area contributed by atoms with Gasteiger partial charge in [0.05, 0.1) is 11.5 Å². The van der Waals surface area contributed by atoms with Crippen LogP contribution in [0.3, 0.4) is 0 Å². The highest BCUT2D eigenvalue weighted by atomic mass is 32.1. The molecule has 0 atom stereocenters. The second kappa shape index (κ2) is 5.65. The summed E-state index contributed by atoms with van der Waals surface area (Å²) in [4.78, 5) is 24.6. The predicted octanol–water partition coefficient (Wildman–Crippen LogP) is -0.599. The first-order valence-corrected chi connectivity index (χ1v) is 5.37. The molecule has 0 bridgehead atoms. The summed E-state index contributed by atoms with van der Waals surface area (Å²) in [5.74, 6) is -1.10. The van der Waals surface area contributed by atoms with Gasteiger partial charge in [-0.1, -0.05) is 12.2 Å². The van der Waals surface area contributed by atoms with Gasteiger partial charge in [-0.2, -0.15) is 0 Å². The third-order valence-corrected chi connectivity index (χ3v) is 2.41. The molecule has 1 aliphatic rings. The molecule has 1 rings (SSSR count). The Labute approximate surface area is 94.0 Å². The normalized spacial score (nSPS) is 15.9. The van der Waals surface area contributed by atoms with Gasteiger partial charge in [0.2, 0.25) is 0 Å². The van der Waals surface area contributed by atoms with Crippen molar-refractivity contribution in [1.29, 1.82) is 0 Å². The van der Waals surface area contributed by atoms with Crippen molar-refractivity contribution < 1.29 is 9.59 Å². The number of nitrogens with two attached hydrogens (primary N) is 1. The van der Waals surface area contributed by atoms with Crippen LogP contribution in [-0.4, -0.2) is 41.3 Å². The van der Waals surface area contributed by atoms with Crippen molar-refractivity contribution in [3.8, 4) is 0 Å². The lowest BCUT2D eigenvalue weighted by molar-refractivity contribution is -0.146. The Hall–Kier alpha value is -1.17. The Kier molecular flexibility index (Phi) is 4.48. The molecule has 1 saturated heterocycles. The van der Waals surface area contributed by atoms with E-state index in [1.807, 2.05) is 0 Å². The second-order valence-electron chi connectivity index (χ2n) is 3.50. The molecule has 0 saturated carbocycles. The number of piperidine rings is 1. The summed E-state index contributed by atoms with van der Waals surface area (Å²) in [5.41, 5.74) is 5.21. The Morgan fingerprint density at radius 1 is 1.27 bits per heavy atom. The van der Waals surface area contributed by atoms with Crippen molar-refractivity contribution in [1.82, 2.24) is 10.2 Å². The van der Waals surface area contributed by atoms with Crippen LogP contribution in [0.2, 0.25) is 0 Å². The van der Waals surface area contributed by atoms with E-state index in [4.69, 9.17) is 5.73 Å². The third kappa shape index (κ3) is 3.83. The Balaban J connectivity index is 2.37. The standard InChI is InChI=1S/C9H15N3O2S/c10-7(15)6-11-8(13)9(14)12-4-2-1-3-5-12/h1-6H2,(H2,10,15)(H,11,13). The second-order valence-corrected chi connectivity index (χ2v) is 4.03. The van der Waals surface area contributed by atoms with E-state index in [9.17, 15) is 9.59 Å². The summed E-state index contributed by atoms with van der Waals surface area (Å²) in [6.45, 7) is 1.41. The Morgan fingerprint density at radius 3 is 2.40 bits per heavy atom. The third-order valence-electron chi connectivity index (χ3n) is 2.26. The van der Waals surface area contributed by atoms with Crippen LogP contribution >= 0.6 is 12.2 Å². The van der Waals surface area contributed by atoms with Crippen LogP contribution in [0.5, 0.6) is 0 Å². The molecule has 0 aromatic carbocycles.